The van der Waals surface area contributed by atoms with Crippen molar-refractivity contribution in [1.82, 2.24) is 28.5 Å². The van der Waals surface area contributed by atoms with E-state index in [1.807, 2.05) is 24.3 Å². The molecule has 40 heavy (non-hydrogen) atoms. The van der Waals surface area contributed by atoms with Gasteiger partial charge in [0.25, 0.3) is 16.2 Å². The minimum Gasteiger partial charge on any atom is -0.481 e. The van der Waals surface area contributed by atoms with Crippen molar-refractivity contribution in [2.24, 2.45) is 5.92 Å². The summed E-state index contributed by atoms with van der Waals surface area (Å²) in [7, 11) is -1.42. The first-order valence-electron chi connectivity index (χ1n) is 12.7. The molecule has 0 unspecified atom stereocenters. The van der Waals surface area contributed by atoms with Crippen LogP contribution in [0.4, 0.5) is 5.82 Å². The summed E-state index contributed by atoms with van der Waals surface area (Å²) in [4.78, 5) is 47.7. The molecule has 0 spiro atoms. The Kier molecular flexibility index (Phi) is 10.0. The maximum absolute atomic E-state index is 12.7. The number of para-hydroxylation sites is 2. The number of H-pyrrole nitrogens is 1. The molecule has 14 nitrogen and oxygen atoms in total. The first kappa shape index (κ1) is 30.7. The van der Waals surface area contributed by atoms with Gasteiger partial charge in [0.1, 0.15) is 17.7 Å². The second-order valence-corrected chi connectivity index (χ2v) is 11.7. The molecule has 0 aliphatic carbocycles. The van der Waals surface area contributed by atoms with Crippen LogP contribution in [0.2, 0.25) is 0 Å². The van der Waals surface area contributed by atoms with Gasteiger partial charge in [-0.1, -0.05) is 12.1 Å². The smallest absolute Gasteiger partial charge is 0.349 e. The van der Waals surface area contributed by atoms with Gasteiger partial charge < -0.3 is 20.1 Å². The Morgan fingerprint density at radius 1 is 1.18 bits per heavy atom. The lowest BCUT2D eigenvalue weighted by Gasteiger charge is -2.33. The van der Waals surface area contributed by atoms with E-state index in [4.69, 9.17) is 9.90 Å². The molecule has 0 radical (unpaired) electrons. The van der Waals surface area contributed by atoms with Crippen LogP contribution < -0.4 is 15.3 Å². The Morgan fingerprint density at radius 3 is 2.38 bits per heavy atom. The molecule has 1 aliphatic rings. The fourth-order valence-electron chi connectivity index (χ4n) is 4.41. The van der Waals surface area contributed by atoms with Gasteiger partial charge >= 0.3 is 11.7 Å². The number of aliphatic carboxylic acids is 2. The number of imidazole rings is 1. The number of hydrogen-bond acceptors (Lipinski definition) is 8. The summed E-state index contributed by atoms with van der Waals surface area (Å²) >= 11 is 0. The van der Waals surface area contributed by atoms with E-state index < -0.39 is 33.9 Å². The van der Waals surface area contributed by atoms with E-state index in [-0.39, 0.29) is 6.54 Å². The first-order valence-corrected chi connectivity index (χ1v) is 14.1. The number of fused-ring (bicyclic) bond motifs is 1. The number of carboxylic acids is 2. The molecule has 2 aromatic heterocycles. The molecule has 0 saturated carbocycles. The molecular weight excluding hydrogens is 542 g/mol. The number of nitrogens with one attached hydrogen (secondary N) is 2. The number of aromatic amines is 1. The van der Waals surface area contributed by atoms with Gasteiger partial charge in [-0.25, -0.2) is 9.78 Å². The molecular formula is C25H35N7O7S. The third kappa shape index (κ3) is 8.09. The minimum absolute atomic E-state index is 0.380. The predicted octanol–water partition coefficient (Wildman–Crippen LogP) is 0.827. The second kappa shape index (κ2) is 13.0. The van der Waals surface area contributed by atoms with E-state index in [0.29, 0.717) is 17.3 Å². The zero-order valence-corrected chi connectivity index (χ0v) is 23.7. The SMILES string of the molecule is CC(=O)O.Cc1cn(C[C@H](NS(=O)(=O)N(C)C)C(=O)O)c(=O)nc1N1CCC(Cc2nc3ccccc3[nH]2)CC1. The fourth-order valence-corrected chi connectivity index (χ4v) is 5.16. The van der Waals surface area contributed by atoms with Crippen LogP contribution in [0.1, 0.15) is 31.2 Å². The zero-order valence-electron chi connectivity index (χ0n) is 22.9. The molecule has 1 atom stereocenters. The lowest BCUT2D eigenvalue weighted by Crippen LogP contribution is -2.49. The third-order valence-corrected chi connectivity index (χ3v) is 7.98. The maximum Gasteiger partial charge on any atom is 0.349 e. The van der Waals surface area contributed by atoms with Crippen LogP contribution in [0, 0.1) is 12.8 Å². The number of hydrogen-bond donors (Lipinski definition) is 4. The highest BCUT2D eigenvalue weighted by molar-refractivity contribution is 7.87. The molecule has 0 amide bonds. The van der Waals surface area contributed by atoms with Crippen molar-refractivity contribution in [2.75, 3.05) is 32.1 Å². The highest BCUT2D eigenvalue weighted by Crippen LogP contribution is 2.26. The number of aromatic nitrogens is 4. The van der Waals surface area contributed by atoms with Crippen LogP contribution in [0.15, 0.2) is 35.3 Å². The molecule has 1 aromatic carbocycles. The molecule has 1 aliphatic heterocycles. The van der Waals surface area contributed by atoms with Crippen molar-refractivity contribution in [3.8, 4) is 0 Å². The number of nitrogens with zero attached hydrogens (tertiary/aromatic N) is 5. The summed E-state index contributed by atoms with van der Waals surface area (Å²) in [6.07, 6.45) is 4.24. The monoisotopic (exact) mass is 577 g/mol. The highest BCUT2D eigenvalue weighted by atomic mass is 32.2. The molecule has 4 rings (SSSR count). The maximum atomic E-state index is 12.7. The van der Waals surface area contributed by atoms with Crippen molar-refractivity contribution < 1.29 is 28.2 Å². The second-order valence-electron chi connectivity index (χ2n) is 9.83. The Bertz CT molecular complexity index is 1470. The van der Waals surface area contributed by atoms with Gasteiger partial charge in [0.2, 0.25) is 0 Å². The van der Waals surface area contributed by atoms with Crippen LogP contribution in [0.3, 0.4) is 0 Å². The molecule has 4 N–H and O–H groups in total. The van der Waals surface area contributed by atoms with Gasteiger partial charge in [0.15, 0.2) is 0 Å². The zero-order chi connectivity index (χ0) is 29.6. The Labute approximate surface area is 231 Å². The van der Waals surface area contributed by atoms with E-state index in [2.05, 4.69) is 24.6 Å². The fraction of sp³-hybridized carbons (Fsp3) is 0.480. The number of anilines is 1. The minimum atomic E-state index is -3.99. The Morgan fingerprint density at radius 2 is 1.80 bits per heavy atom. The van der Waals surface area contributed by atoms with Crippen LogP contribution >= 0.6 is 0 Å². The van der Waals surface area contributed by atoms with Gasteiger partial charge in [0, 0.05) is 52.3 Å². The Hall–Kier alpha value is -3.82. The van der Waals surface area contributed by atoms with Crippen LogP contribution in [-0.4, -0.2) is 87.6 Å². The van der Waals surface area contributed by atoms with Crippen LogP contribution in [-0.2, 0) is 32.8 Å². The summed E-state index contributed by atoms with van der Waals surface area (Å²) < 4.78 is 28.2. The average Bonchev–Trinajstić information content (AvgIpc) is 3.28. The molecule has 3 heterocycles. The van der Waals surface area contributed by atoms with Gasteiger partial charge in [0.05, 0.1) is 17.6 Å². The van der Waals surface area contributed by atoms with Crippen LogP contribution in [0.5, 0.6) is 0 Å². The summed E-state index contributed by atoms with van der Waals surface area (Å²) in [5, 5.41) is 16.9. The quantitative estimate of drug-likeness (QED) is 0.283. The largest absolute Gasteiger partial charge is 0.481 e. The number of benzene rings is 1. The highest BCUT2D eigenvalue weighted by Gasteiger charge is 2.27. The average molecular weight is 578 g/mol. The van der Waals surface area contributed by atoms with Crippen molar-refractivity contribution in [2.45, 2.75) is 45.7 Å². The number of piperidine rings is 1. The number of carboxylic acid groups (broad SMARTS) is 2. The topological polar surface area (TPSA) is 191 Å². The molecule has 1 saturated heterocycles. The standard InChI is InChI=1S/C23H31N7O5S.C2H4O2/c1-15-13-30(14-19(22(31)32)27-36(34,35)28(2)3)23(33)26-21(15)29-10-8-16(9-11-29)12-20-24-17-6-4-5-7-18(17)25-20;1-2(3)4/h4-7,13,16,19,27H,8-12,14H2,1-3H3,(H,24,25)(H,31,32);1H3,(H,3,4)/t19-;/m0./s1. The summed E-state index contributed by atoms with van der Waals surface area (Å²) in [5.74, 6) is -0.215. The van der Waals surface area contributed by atoms with Crippen molar-refractivity contribution in [1.29, 1.82) is 0 Å². The Balaban J connectivity index is 0.00000103. The van der Waals surface area contributed by atoms with Gasteiger partial charge in [-0.15, -0.1) is 0 Å². The number of carbonyl (C=O) groups is 2. The normalized spacial score (nSPS) is 15.1. The van der Waals surface area contributed by atoms with E-state index in [1.54, 1.807) is 6.92 Å². The van der Waals surface area contributed by atoms with Crippen LogP contribution in [0.25, 0.3) is 11.0 Å². The van der Waals surface area contributed by atoms with Crippen molar-refractivity contribution >= 4 is 39.0 Å². The lowest BCUT2D eigenvalue weighted by atomic mass is 9.93. The predicted molar refractivity (Wildman–Crippen MR) is 148 cm³/mol. The van der Waals surface area contributed by atoms with Gasteiger partial charge in [-0.2, -0.15) is 22.4 Å². The van der Waals surface area contributed by atoms with E-state index in [9.17, 15) is 23.1 Å². The molecule has 218 valence electrons. The van der Waals surface area contributed by atoms with E-state index >= 15 is 0 Å². The van der Waals surface area contributed by atoms with Gasteiger partial charge in [-0.05, 0) is 37.8 Å². The number of rotatable bonds is 9. The van der Waals surface area contributed by atoms with Crippen molar-refractivity contribution in [3.05, 3.63) is 52.3 Å². The third-order valence-electron chi connectivity index (χ3n) is 6.43. The van der Waals surface area contributed by atoms with Gasteiger partial charge in [-0.3, -0.25) is 14.2 Å². The lowest BCUT2D eigenvalue weighted by molar-refractivity contribution is -0.139. The molecule has 1 fully saturated rings. The number of aryl methyl sites for hydroxylation is 1. The van der Waals surface area contributed by atoms with E-state index in [1.165, 1.54) is 20.3 Å². The molecule has 3 aromatic rings. The first-order chi connectivity index (χ1) is 18.8. The van der Waals surface area contributed by atoms with Crippen molar-refractivity contribution in [3.63, 3.8) is 0 Å². The summed E-state index contributed by atoms with van der Waals surface area (Å²) in [5.41, 5.74) is 2.08. The van der Waals surface area contributed by atoms with E-state index in [0.717, 1.165) is 65.0 Å². The summed E-state index contributed by atoms with van der Waals surface area (Å²) in [6.45, 7) is 3.98. The molecule has 0 bridgehead atoms. The molecule has 15 heteroatoms. The summed E-state index contributed by atoms with van der Waals surface area (Å²) in [6, 6.07) is 6.44.